The van der Waals surface area contributed by atoms with Gasteiger partial charge >= 0.3 is 5.69 Å². The van der Waals surface area contributed by atoms with Crippen LogP contribution in [0.15, 0.2) is 34.0 Å². The van der Waals surface area contributed by atoms with Crippen molar-refractivity contribution in [3.63, 3.8) is 0 Å². The molecule has 0 bridgehead atoms. The van der Waals surface area contributed by atoms with Crippen LogP contribution < -0.4 is 11.2 Å². The van der Waals surface area contributed by atoms with Gasteiger partial charge in [-0.2, -0.15) is 0 Å². The Morgan fingerprint density at radius 1 is 1.19 bits per heavy atom. The summed E-state index contributed by atoms with van der Waals surface area (Å²) in [5.41, 5.74) is -1.07. The van der Waals surface area contributed by atoms with Gasteiger partial charge in [-0.3, -0.25) is 9.78 Å². The number of phenolic OH excluding ortho intramolecular Hbond substituents is 1. The van der Waals surface area contributed by atoms with Crippen LogP contribution in [-0.2, 0) is 0 Å². The average molecular weight is 222 g/mol. The lowest BCUT2D eigenvalue weighted by Crippen LogP contribution is -2.22. The number of rotatable bonds is 1. The smallest absolute Gasteiger partial charge is 0.325 e. The van der Waals surface area contributed by atoms with Crippen molar-refractivity contribution in [2.45, 2.75) is 0 Å². The first-order valence-corrected chi connectivity index (χ1v) is 4.39. The fourth-order valence-electron chi connectivity index (χ4n) is 1.34. The largest absolute Gasteiger partial charge is 0.507 e. The zero-order valence-electron chi connectivity index (χ0n) is 7.95. The molecule has 16 heavy (non-hydrogen) atoms. The number of hydrogen-bond acceptors (Lipinski definition) is 3. The summed E-state index contributed by atoms with van der Waals surface area (Å²) in [5, 5.41) is 9.45. The van der Waals surface area contributed by atoms with Crippen LogP contribution in [0, 0.1) is 5.82 Å². The molecule has 0 saturated carbocycles. The van der Waals surface area contributed by atoms with Gasteiger partial charge in [-0.05, 0) is 12.1 Å². The van der Waals surface area contributed by atoms with Crippen molar-refractivity contribution in [3.8, 4) is 16.9 Å². The third kappa shape index (κ3) is 1.72. The fourth-order valence-corrected chi connectivity index (χ4v) is 1.34. The molecule has 3 N–H and O–H groups in total. The molecule has 2 rings (SSSR count). The zero-order valence-corrected chi connectivity index (χ0v) is 7.95. The number of hydrogen-bond donors (Lipinski definition) is 3. The molecule has 0 fully saturated rings. The molecule has 1 aromatic carbocycles. The Labute approximate surface area is 88.2 Å². The first-order valence-electron chi connectivity index (χ1n) is 4.39. The van der Waals surface area contributed by atoms with Crippen molar-refractivity contribution < 1.29 is 9.50 Å². The second-order valence-electron chi connectivity index (χ2n) is 3.15. The summed E-state index contributed by atoms with van der Waals surface area (Å²) in [7, 11) is 0. The van der Waals surface area contributed by atoms with Crippen LogP contribution in [0.25, 0.3) is 11.1 Å². The Bertz CT molecular complexity index is 645. The van der Waals surface area contributed by atoms with E-state index in [9.17, 15) is 19.1 Å². The highest BCUT2D eigenvalue weighted by atomic mass is 19.1. The van der Waals surface area contributed by atoms with E-state index in [-0.39, 0.29) is 16.9 Å². The molecule has 6 heteroatoms. The SMILES string of the molecule is O=c1[nH]cc(-c2ccc(F)cc2O)c(=O)[nH]1. The highest BCUT2D eigenvalue weighted by molar-refractivity contribution is 5.68. The molecule has 1 heterocycles. The number of H-pyrrole nitrogens is 2. The molecule has 0 unspecified atom stereocenters. The molecule has 0 saturated heterocycles. The third-order valence-corrected chi connectivity index (χ3v) is 2.07. The van der Waals surface area contributed by atoms with Gasteiger partial charge in [0.25, 0.3) is 5.56 Å². The highest BCUT2D eigenvalue weighted by Gasteiger charge is 2.09. The van der Waals surface area contributed by atoms with E-state index in [2.05, 4.69) is 4.98 Å². The van der Waals surface area contributed by atoms with Crippen molar-refractivity contribution in [1.29, 1.82) is 0 Å². The van der Waals surface area contributed by atoms with E-state index in [0.717, 1.165) is 18.3 Å². The summed E-state index contributed by atoms with van der Waals surface area (Å²) in [6.07, 6.45) is 1.16. The number of benzene rings is 1. The first-order chi connectivity index (χ1) is 7.58. The van der Waals surface area contributed by atoms with E-state index < -0.39 is 17.1 Å². The number of aromatic amines is 2. The summed E-state index contributed by atoms with van der Waals surface area (Å²) < 4.78 is 12.7. The Balaban J connectivity index is 2.68. The molecule has 0 spiro atoms. The topological polar surface area (TPSA) is 85.9 Å². The van der Waals surface area contributed by atoms with Gasteiger partial charge in [0.1, 0.15) is 11.6 Å². The molecule has 0 aliphatic rings. The Hall–Kier alpha value is -2.37. The summed E-state index contributed by atoms with van der Waals surface area (Å²) in [6, 6.07) is 3.26. The number of nitrogens with one attached hydrogen (secondary N) is 2. The molecule has 0 aliphatic carbocycles. The van der Waals surface area contributed by atoms with Crippen molar-refractivity contribution in [1.82, 2.24) is 9.97 Å². The molecule has 0 atom stereocenters. The Morgan fingerprint density at radius 2 is 1.94 bits per heavy atom. The van der Waals surface area contributed by atoms with E-state index in [1.54, 1.807) is 0 Å². The van der Waals surface area contributed by atoms with Crippen LogP contribution in [0.1, 0.15) is 0 Å². The van der Waals surface area contributed by atoms with Gasteiger partial charge in [-0.1, -0.05) is 0 Å². The minimum absolute atomic E-state index is 0.0668. The maximum atomic E-state index is 12.7. The maximum absolute atomic E-state index is 12.7. The normalized spacial score (nSPS) is 10.3. The number of halogens is 1. The summed E-state index contributed by atoms with van der Waals surface area (Å²) in [4.78, 5) is 26.4. The Morgan fingerprint density at radius 3 is 2.56 bits per heavy atom. The van der Waals surface area contributed by atoms with Gasteiger partial charge in [-0.25, -0.2) is 9.18 Å². The summed E-state index contributed by atoms with van der Waals surface area (Å²) in [5.74, 6) is -0.973. The quantitative estimate of drug-likeness (QED) is 0.659. The van der Waals surface area contributed by atoms with Crippen molar-refractivity contribution >= 4 is 0 Å². The zero-order chi connectivity index (χ0) is 11.7. The van der Waals surface area contributed by atoms with Gasteiger partial charge in [0.2, 0.25) is 0 Å². The molecule has 5 nitrogen and oxygen atoms in total. The van der Waals surface area contributed by atoms with Gasteiger partial charge in [0, 0.05) is 17.8 Å². The van der Waals surface area contributed by atoms with Crippen LogP contribution in [0.2, 0.25) is 0 Å². The lowest BCUT2D eigenvalue weighted by molar-refractivity contribution is 0.471. The predicted octanol–water partition coefficient (Wildman–Crippen LogP) is 0.575. The Kier molecular flexibility index (Phi) is 2.32. The van der Waals surface area contributed by atoms with Crippen LogP contribution in [0.4, 0.5) is 4.39 Å². The van der Waals surface area contributed by atoms with E-state index in [4.69, 9.17) is 0 Å². The molecule has 0 aliphatic heterocycles. The second-order valence-corrected chi connectivity index (χ2v) is 3.15. The molecule has 2 aromatic rings. The molecule has 82 valence electrons. The van der Waals surface area contributed by atoms with Crippen LogP contribution in [-0.4, -0.2) is 15.1 Å². The predicted molar refractivity (Wildman–Crippen MR) is 54.7 cm³/mol. The number of aromatic nitrogens is 2. The average Bonchev–Trinajstić information content (AvgIpc) is 2.19. The van der Waals surface area contributed by atoms with Gasteiger partial charge in [-0.15, -0.1) is 0 Å². The first kappa shape index (κ1) is 10.2. The lowest BCUT2D eigenvalue weighted by Gasteiger charge is -2.02. The van der Waals surface area contributed by atoms with E-state index in [1.165, 1.54) is 6.07 Å². The third-order valence-electron chi connectivity index (χ3n) is 2.07. The minimum Gasteiger partial charge on any atom is -0.507 e. The van der Waals surface area contributed by atoms with Gasteiger partial charge in [0.15, 0.2) is 0 Å². The van der Waals surface area contributed by atoms with E-state index in [0.29, 0.717) is 0 Å². The van der Waals surface area contributed by atoms with Crippen LogP contribution in [0.3, 0.4) is 0 Å². The molecule has 0 radical (unpaired) electrons. The minimum atomic E-state index is -0.648. The fraction of sp³-hybridized carbons (Fsp3) is 0. The molecular formula is C10H7FN2O3. The standard InChI is InChI=1S/C10H7FN2O3/c11-5-1-2-6(8(14)3-5)7-4-12-10(16)13-9(7)15/h1-4,14H,(H2,12,13,15,16). The summed E-state index contributed by atoms with van der Waals surface area (Å²) in [6.45, 7) is 0. The second kappa shape index (κ2) is 3.65. The monoisotopic (exact) mass is 222 g/mol. The van der Waals surface area contributed by atoms with E-state index >= 15 is 0 Å². The number of phenols is 1. The van der Waals surface area contributed by atoms with Gasteiger partial charge in [0.05, 0.1) is 5.56 Å². The summed E-state index contributed by atoms with van der Waals surface area (Å²) >= 11 is 0. The number of aromatic hydroxyl groups is 1. The van der Waals surface area contributed by atoms with Crippen LogP contribution >= 0.6 is 0 Å². The van der Waals surface area contributed by atoms with Crippen molar-refractivity contribution in [2.75, 3.05) is 0 Å². The van der Waals surface area contributed by atoms with Crippen molar-refractivity contribution in [3.05, 3.63) is 51.1 Å². The molecule has 1 aromatic heterocycles. The maximum Gasteiger partial charge on any atom is 0.325 e. The highest BCUT2D eigenvalue weighted by Crippen LogP contribution is 2.26. The van der Waals surface area contributed by atoms with Gasteiger partial charge < -0.3 is 10.1 Å². The molecule has 0 amide bonds. The van der Waals surface area contributed by atoms with E-state index in [1.807, 2.05) is 4.98 Å². The van der Waals surface area contributed by atoms with Crippen molar-refractivity contribution in [2.24, 2.45) is 0 Å². The van der Waals surface area contributed by atoms with Crippen LogP contribution in [0.5, 0.6) is 5.75 Å². The molecular weight excluding hydrogens is 215 g/mol. The lowest BCUT2D eigenvalue weighted by atomic mass is 10.1.